The van der Waals surface area contributed by atoms with E-state index in [9.17, 15) is 9.59 Å². The summed E-state index contributed by atoms with van der Waals surface area (Å²) in [6.07, 6.45) is 3.45. The third-order valence-corrected chi connectivity index (χ3v) is 1.97. The maximum Gasteiger partial charge on any atom is 0.316 e. The lowest BCUT2D eigenvalue weighted by molar-refractivity contribution is -0.136. The summed E-state index contributed by atoms with van der Waals surface area (Å²) in [4.78, 5) is 26.2. The predicted octanol–water partition coefficient (Wildman–Crippen LogP) is -0.978. The Bertz CT molecular complexity index is 352. The van der Waals surface area contributed by atoms with Crippen molar-refractivity contribution >= 4 is 17.8 Å². The largest absolute Gasteiger partial charge is 0.396 e. The van der Waals surface area contributed by atoms with Gasteiger partial charge in [-0.3, -0.25) is 14.9 Å². The number of hydrogen-bond donors (Lipinski definition) is 4. The number of aliphatic hydroxyl groups is 1. The first-order valence-electron chi connectivity index (χ1n) is 5.29. The highest BCUT2D eigenvalue weighted by molar-refractivity contribution is 6.39. The van der Waals surface area contributed by atoms with E-state index >= 15 is 0 Å². The van der Waals surface area contributed by atoms with Crippen LogP contribution in [0.3, 0.4) is 0 Å². The molecule has 1 aromatic rings. The van der Waals surface area contributed by atoms with E-state index in [4.69, 9.17) is 5.11 Å². The average molecular weight is 241 g/mol. The Kier molecular flexibility index (Phi) is 5.66. The molecule has 0 saturated heterocycles. The molecule has 0 aliphatic heterocycles. The third-order valence-electron chi connectivity index (χ3n) is 1.97. The van der Waals surface area contributed by atoms with Crippen LogP contribution >= 0.6 is 0 Å². The molecule has 8 nitrogen and oxygen atoms in total. The molecule has 0 aliphatic carbocycles. The molecule has 1 rings (SSSR count). The molecular formula is C9H15N5O3. The molecule has 0 spiro atoms. The van der Waals surface area contributed by atoms with Gasteiger partial charge in [0, 0.05) is 13.2 Å². The van der Waals surface area contributed by atoms with Crippen molar-refractivity contribution in [1.29, 1.82) is 0 Å². The molecule has 8 heteroatoms. The van der Waals surface area contributed by atoms with Gasteiger partial charge >= 0.3 is 11.8 Å². The number of unbranched alkanes of at least 4 members (excludes halogenated alkanes) is 2. The minimum Gasteiger partial charge on any atom is -0.396 e. The topological polar surface area (TPSA) is 120 Å². The molecule has 2 amide bonds. The molecule has 0 aliphatic rings. The molecule has 1 heterocycles. The van der Waals surface area contributed by atoms with E-state index in [0.717, 1.165) is 12.8 Å². The van der Waals surface area contributed by atoms with Crippen molar-refractivity contribution in [3.63, 3.8) is 0 Å². The Hall–Kier alpha value is -1.96. The number of aliphatic hydroxyl groups excluding tert-OH is 1. The van der Waals surface area contributed by atoms with Crippen LogP contribution in [0.15, 0.2) is 6.33 Å². The second kappa shape index (κ2) is 7.34. The third kappa shape index (κ3) is 5.07. The number of rotatable bonds is 6. The second-order valence-corrected chi connectivity index (χ2v) is 3.33. The van der Waals surface area contributed by atoms with Crippen molar-refractivity contribution < 1.29 is 14.7 Å². The average Bonchev–Trinajstić information content (AvgIpc) is 2.81. The fraction of sp³-hybridized carbons (Fsp3) is 0.556. The Morgan fingerprint density at radius 3 is 2.76 bits per heavy atom. The lowest BCUT2D eigenvalue weighted by Crippen LogP contribution is -2.36. The number of aromatic amines is 1. The van der Waals surface area contributed by atoms with Gasteiger partial charge in [0.2, 0.25) is 5.95 Å². The SMILES string of the molecule is O=C(NCCCCCO)C(=O)Nc1ncn[nH]1. The summed E-state index contributed by atoms with van der Waals surface area (Å²) in [5.74, 6) is -1.38. The van der Waals surface area contributed by atoms with Crippen LogP contribution in [0.2, 0.25) is 0 Å². The minimum absolute atomic E-state index is 0.130. The van der Waals surface area contributed by atoms with Gasteiger partial charge in [-0.05, 0) is 19.3 Å². The van der Waals surface area contributed by atoms with Gasteiger partial charge in [0.1, 0.15) is 6.33 Å². The van der Waals surface area contributed by atoms with Crippen LogP contribution in [0.5, 0.6) is 0 Å². The Morgan fingerprint density at radius 1 is 1.29 bits per heavy atom. The van der Waals surface area contributed by atoms with E-state index in [1.54, 1.807) is 0 Å². The highest BCUT2D eigenvalue weighted by atomic mass is 16.3. The first kappa shape index (κ1) is 13.1. The number of hydrogen-bond acceptors (Lipinski definition) is 5. The number of carbonyl (C=O) groups is 2. The van der Waals surface area contributed by atoms with Gasteiger partial charge < -0.3 is 10.4 Å². The molecule has 0 radical (unpaired) electrons. The molecule has 4 N–H and O–H groups in total. The van der Waals surface area contributed by atoms with Crippen LogP contribution in [-0.2, 0) is 9.59 Å². The summed E-state index contributed by atoms with van der Waals surface area (Å²) in [6, 6.07) is 0. The van der Waals surface area contributed by atoms with Crippen LogP contribution in [0, 0.1) is 0 Å². The summed E-state index contributed by atoms with van der Waals surface area (Å²) in [6.45, 7) is 0.544. The van der Waals surface area contributed by atoms with Gasteiger partial charge in [-0.15, -0.1) is 0 Å². The summed E-state index contributed by atoms with van der Waals surface area (Å²) < 4.78 is 0. The van der Waals surface area contributed by atoms with Crippen LogP contribution < -0.4 is 10.6 Å². The Balaban J connectivity index is 2.16. The summed E-state index contributed by atoms with van der Waals surface area (Å²) in [5, 5.41) is 19.2. The number of nitrogens with zero attached hydrogens (tertiary/aromatic N) is 2. The summed E-state index contributed by atoms with van der Waals surface area (Å²) in [5.41, 5.74) is 0. The number of anilines is 1. The monoisotopic (exact) mass is 241 g/mol. The fourth-order valence-corrected chi connectivity index (χ4v) is 1.13. The number of H-pyrrole nitrogens is 1. The molecule has 0 aromatic carbocycles. The number of nitrogens with one attached hydrogen (secondary N) is 3. The smallest absolute Gasteiger partial charge is 0.316 e. The van der Waals surface area contributed by atoms with Crippen LogP contribution in [-0.4, -0.2) is 45.3 Å². The van der Waals surface area contributed by atoms with E-state index in [1.807, 2.05) is 0 Å². The zero-order valence-corrected chi connectivity index (χ0v) is 9.27. The van der Waals surface area contributed by atoms with Crippen molar-refractivity contribution in [2.75, 3.05) is 18.5 Å². The van der Waals surface area contributed by atoms with Crippen molar-refractivity contribution in [2.45, 2.75) is 19.3 Å². The standard InChI is InChI=1S/C9H15N5O3/c15-5-3-1-2-4-10-7(16)8(17)13-9-11-6-12-14-9/h6,15H,1-5H2,(H,10,16)(H2,11,12,13,14,17). The Morgan fingerprint density at radius 2 is 2.12 bits per heavy atom. The maximum atomic E-state index is 11.3. The van der Waals surface area contributed by atoms with Gasteiger partial charge in [0.25, 0.3) is 0 Å². The second-order valence-electron chi connectivity index (χ2n) is 3.33. The van der Waals surface area contributed by atoms with Gasteiger partial charge in [0.15, 0.2) is 0 Å². The quantitative estimate of drug-likeness (QED) is 0.377. The van der Waals surface area contributed by atoms with Crippen molar-refractivity contribution in [3.05, 3.63) is 6.33 Å². The van der Waals surface area contributed by atoms with E-state index in [2.05, 4.69) is 25.8 Å². The van der Waals surface area contributed by atoms with Crippen LogP contribution in [0.25, 0.3) is 0 Å². The summed E-state index contributed by atoms with van der Waals surface area (Å²) in [7, 11) is 0. The van der Waals surface area contributed by atoms with Crippen LogP contribution in [0.1, 0.15) is 19.3 Å². The normalized spacial score (nSPS) is 9.94. The van der Waals surface area contributed by atoms with Crippen LogP contribution in [0.4, 0.5) is 5.95 Å². The minimum atomic E-state index is -0.788. The van der Waals surface area contributed by atoms with E-state index in [-0.39, 0.29) is 12.6 Å². The van der Waals surface area contributed by atoms with Gasteiger partial charge in [-0.1, -0.05) is 0 Å². The number of amides is 2. The van der Waals surface area contributed by atoms with Crippen molar-refractivity contribution in [1.82, 2.24) is 20.5 Å². The van der Waals surface area contributed by atoms with Crippen molar-refractivity contribution in [3.8, 4) is 0 Å². The zero-order valence-electron chi connectivity index (χ0n) is 9.27. The lowest BCUT2D eigenvalue weighted by Gasteiger charge is -2.03. The lowest BCUT2D eigenvalue weighted by atomic mass is 10.2. The molecule has 94 valence electrons. The van der Waals surface area contributed by atoms with E-state index < -0.39 is 11.8 Å². The van der Waals surface area contributed by atoms with E-state index in [1.165, 1.54) is 6.33 Å². The fourth-order valence-electron chi connectivity index (χ4n) is 1.13. The molecule has 1 aromatic heterocycles. The molecular weight excluding hydrogens is 226 g/mol. The van der Waals surface area contributed by atoms with E-state index in [0.29, 0.717) is 13.0 Å². The first-order valence-corrected chi connectivity index (χ1v) is 5.29. The molecule has 0 fully saturated rings. The molecule has 0 saturated carbocycles. The maximum absolute atomic E-state index is 11.3. The molecule has 0 unspecified atom stereocenters. The van der Waals surface area contributed by atoms with Gasteiger partial charge in [-0.25, -0.2) is 5.10 Å². The van der Waals surface area contributed by atoms with Gasteiger partial charge in [0.05, 0.1) is 0 Å². The van der Waals surface area contributed by atoms with Crippen molar-refractivity contribution in [2.24, 2.45) is 0 Å². The molecule has 0 bridgehead atoms. The van der Waals surface area contributed by atoms with Gasteiger partial charge in [-0.2, -0.15) is 10.1 Å². The number of aromatic nitrogens is 3. The zero-order chi connectivity index (χ0) is 12.5. The highest BCUT2D eigenvalue weighted by Crippen LogP contribution is 1.93. The molecule has 0 atom stereocenters. The summed E-state index contributed by atoms with van der Waals surface area (Å²) >= 11 is 0. The first-order chi connectivity index (χ1) is 8.24. The molecule has 17 heavy (non-hydrogen) atoms. The Labute approximate surface area is 97.8 Å². The highest BCUT2D eigenvalue weighted by Gasteiger charge is 2.13. The number of carbonyl (C=O) groups excluding carboxylic acids is 2. The predicted molar refractivity (Wildman–Crippen MR) is 59.0 cm³/mol.